The molecule has 4 nitrogen and oxygen atoms in total. The SMILES string of the molecule is CCN(CCCC(C)(C)CN)CC(=O)NC. The minimum absolute atomic E-state index is 0.0833. The maximum absolute atomic E-state index is 11.2. The van der Waals surface area contributed by atoms with E-state index in [2.05, 4.69) is 31.0 Å². The standard InChI is InChI=1S/C12H27N3O/c1-5-15(9-11(16)14-4)8-6-7-12(2,3)10-13/h5-10,13H2,1-4H3,(H,14,16). The topological polar surface area (TPSA) is 58.4 Å². The van der Waals surface area contributed by atoms with Crippen molar-refractivity contribution in [2.24, 2.45) is 11.1 Å². The van der Waals surface area contributed by atoms with Crippen LogP contribution in [0.2, 0.25) is 0 Å². The van der Waals surface area contributed by atoms with E-state index >= 15 is 0 Å². The van der Waals surface area contributed by atoms with Gasteiger partial charge in [0.15, 0.2) is 0 Å². The van der Waals surface area contributed by atoms with Gasteiger partial charge in [-0.15, -0.1) is 0 Å². The summed E-state index contributed by atoms with van der Waals surface area (Å²) in [5, 5.41) is 2.65. The van der Waals surface area contributed by atoms with E-state index in [0.29, 0.717) is 13.1 Å². The lowest BCUT2D eigenvalue weighted by Crippen LogP contribution is -2.36. The van der Waals surface area contributed by atoms with Crippen LogP contribution in [0.3, 0.4) is 0 Å². The average molecular weight is 229 g/mol. The molecule has 0 bridgehead atoms. The molecule has 0 fully saturated rings. The van der Waals surface area contributed by atoms with E-state index in [1.165, 1.54) is 0 Å². The van der Waals surface area contributed by atoms with Crippen molar-refractivity contribution in [3.05, 3.63) is 0 Å². The molecule has 96 valence electrons. The fraction of sp³-hybridized carbons (Fsp3) is 0.917. The van der Waals surface area contributed by atoms with Crippen molar-refractivity contribution in [3.63, 3.8) is 0 Å². The Morgan fingerprint density at radius 2 is 2.06 bits per heavy atom. The first kappa shape index (κ1) is 15.4. The summed E-state index contributed by atoms with van der Waals surface area (Å²) in [5.41, 5.74) is 5.89. The van der Waals surface area contributed by atoms with Gasteiger partial charge >= 0.3 is 0 Å². The van der Waals surface area contributed by atoms with E-state index < -0.39 is 0 Å². The minimum atomic E-state index is 0.0833. The normalized spacial score (nSPS) is 11.9. The number of rotatable bonds is 8. The molecule has 16 heavy (non-hydrogen) atoms. The number of nitrogens with zero attached hydrogens (tertiary/aromatic N) is 1. The zero-order chi connectivity index (χ0) is 12.6. The van der Waals surface area contributed by atoms with Crippen LogP contribution in [0.15, 0.2) is 0 Å². The highest BCUT2D eigenvalue weighted by Gasteiger charge is 2.15. The van der Waals surface area contributed by atoms with Crippen LogP contribution < -0.4 is 11.1 Å². The number of nitrogens with one attached hydrogen (secondary N) is 1. The molecule has 4 heteroatoms. The van der Waals surface area contributed by atoms with Gasteiger partial charge in [-0.25, -0.2) is 0 Å². The number of carbonyl (C=O) groups is 1. The van der Waals surface area contributed by atoms with E-state index in [0.717, 1.165) is 25.9 Å². The molecule has 0 aromatic carbocycles. The molecule has 0 aliphatic heterocycles. The average Bonchev–Trinajstić information content (AvgIpc) is 2.27. The van der Waals surface area contributed by atoms with Gasteiger partial charge in [-0.05, 0) is 37.9 Å². The molecular formula is C12H27N3O. The summed E-state index contributed by atoms with van der Waals surface area (Å²) in [4.78, 5) is 13.4. The second kappa shape index (κ2) is 7.63. The summed E-state index contributed by atoms with van der Waals surface area (Å²) >= 11 is 0. The summed E-state index contributed by atoms with van der Waals surface area (Å²) in [6.07, 6.45) is 2.20. The third-order valence-corrected chi connectivity index (χ3v) is 2.97. The molecule has 3 N–H and O–H groups in total. The Morgan fingerprint density at radius 3 is 2.50 bits per heavy atom. The maximum atomic E-state index is 11.2. The van der Waals surface area contributed by atoms with Crippen molar-refractivity contribution in [1.29, 1.82) is 0 Å². The van der Waals surface area contributed by atoms with Crippen LogP contribution >= 0.6 is 0 Å². The fourth-order valence-corrected chi connectivity index (χ4v) is 1.51. The Labute approximate surface area is 99.6 Å². The first-order valence-electron chi connectivity index (χ1n) is 6.08. The summed E-state index contributed by atoms with van der Waals surface area (Å²) in [6, 6.07) is 0. The Balaban J connectivity index is 3.83. The van der Waals surface area contributed by atoms with E-state index in [9.17, 15) is 4.79 Å². The third kappa shape index (κ3) is 6.80. The molecule has 0 saturated carbocycles. The summed E-state index contributed by atoms with van der Waals surface area (Å²) in [5.74, 6) is 0.0833. The van der Waals surface area contributed by atoms with Crippen molar-refractivity contribution < 1.29 is 4.79 Å². The van der Waals surface area contributed by atoms with Gasteiger partial charge in [0.2, 0.25) is 5.91 Å². The maximum Gasteiger partial charge on any atom is 0.233 e. The highest BCUT2D eigenvalue weighted by Crippen LogP contribution is 2.20. The van der Waals surface area contributed by atoms with Gasteiger partial charge in [-0.1, -0.05) is 20.8 Å². The predicted molar refractivity (Wildman–Crippen MR) is 68.3 cm³/mol. The third-order valence-electron chi connectivity index (χ3n) is 2.97. The largest absolute Gasteiger partial charge is 0.358 e. The highest BCUT2D eigenvalue weighted by molar-refractivity contribution is 5.77. The molecule has 0 radical (unpaired) electrons. The van der Waals surface area contributed by atoms with Crippen LogP contribution in [0.5, 0.6) is 0 Å². The predicted octanol–water partition coefficient (Wildman–Crippen LogP) is 0.819. The van der Waals surface area contributed by atoms with E-state index in [4.69, 9.17) is 5.73 Å². The molecule has 0 rings (SSSR count). The molecule has 0 atom stereocenters. The first-order chi connectivity index (χ1) is 7.45. The molecule has 0 aliphatic rings. The van der Waals surface area contributed by atoms with E-state index in [1.54, 1.807) is 7.05 Å². The molecular weight excluding hydrogens is 202 g/mol. The van der Waals surface area contributed by atoms with Crippen LogP contribution in [0.4, 0.5) is 0 Å². The minimum Gasteiger partial charge on any atom is -0.358 e. The lowest BCUT2D eigenvalue weighted by Gasteiger charge is -2.25. The number of hydrogen-bond donors (Lipinski definition) is 2. The molecule has 0 aromatic heterocycles. The quantitative estimate of drug-likeness (QED) is 0.648. The summed E-state index contributed by atoms with van der Waals surface area (Å²) in [7, 11) is 1.67. The number of hydrogen-bond acceptors (Lipinski definition) is 3. The Hall–Kier alpha value is -0.610. The number of likely N-dealkylation sites (N-methyl/N-ethyl adjacent to an activating group) is 2. The summed E-state index contributed by atoms with van der Waals surface area (Å²) in [6.45, 7) is 9.54. The zero-order valence-electron chi connectivity index (χ0n) is 11.2. The Morgan fingerprint density at radius 1 is 1.44 bits per heavy atom. The van der Waals surface area contributed by atoms with Gasteiger partial charge < -0.3 is 11.1 Å². The van der Waals surface area contributed by atoms with Crippen molar-refractivity contribution in [3.8, 4) is 0 Å². The molecule has 0 heterocycles. The number of nitrogens with two attached hydrogens (primary N) is 1. The van der Waals surface area contributed by atoms with Gasteiger partial charge in [0.25, 0.3) is 0 Å². The van der Waals surface area contributed by atoms with Crippen LogP contribution in [0.25, 0.3) is 0 Å². The van der Waals surface area contributed by atoms with Crippen molar-refractivity contribution >= 4 is 5.91 Å². The highest BCUT2D eigenvalue weighted by atomic mass is 16.1. The van der Waals surface area contributed by atoms with Gasteiger partial charge in [0.1, 0.15) is 0 Å². The lowest BCUT2D eigenvalue weighted by atomic mass is 9.88. The van der Waals surface area contributed by atoms with Crippen LogP contribution in [0, 0.1) is 5.41 Å². The number of amides is 1. The first-order valence-corrected chi connectivity index (χ1v) is 6.08. The van der Waals surface area contributed by atoms with Crippen LogP contribution in [-0.2, 0) is 4.79 Å². The van der Waals surface area contributed by atoms with E-state index in [-0.39, 0.29) is 11.3 Å². The molecule has 1 amide bonds. The monoisotopic (exact) mass is 229 g/mol. The van der Waals surface area contributed by atoms with Gasteiger partial charge in [0, 0.05) is 7.05 Å². The number of carbonyl (C=O) groups excluding carboxylic acids is 1. The van der Waals surface area contributed by atoms with E-state index in [1.807, 2.05) is 0 Å². The second-order valence-electron chi connectivity index (χ2n) is 5.01. The Bertz CT molecular complexity index is 204. The zero-order valence-corrected chi connectivity index (χ0v) is 11.2. The van der Waals surface area contributed by atoms with Gasteiger partial charge in [-0.3, -0.25) is 9.69 Å². The van der Waals surface area contributed by atoms with Crippen molar-refractivity contribution in [2.75, 3.05) is 33.2 Å². The second-order valence-corrected chi connectivity index (χ2v) is 5.01. The Kier molecular flexibility index (Phi) is 7.34. The lowest BCUT2D eigenvalue weighted by molar-refractivity contribution is -0.121. The molecule has 0 aromatic rings. The molecule has 0 spiro atoms. The fourth-order valence-electron chi connectivity index (χ4n) is 1.51. The molecule has 0 saturated heterocycles. The van der Waals surface area contributed by atoms with Gasteiger partial charge in [-0.2, -0.15) is 0 Å². The smallest absolute Gasteiger partial charge is 0.233 e. The molecule has 0 aliphatic carbocycles. The van der Waals surface area contributed by atoms with Crippen LogP contribution in [0.1, 0.15) is 33.6 Å². The summed E-state index contributed by atoms with van der Waals surface area (Å²) < 4.78 is 0. The van der Waals surface area contributed by atoms with Gasteiger partial charge in [0.05, 0.1) is 6.54 Å². The molecule has 0 unspecified atom stereocenters. The van der Waals surface area contributed by atoms with Crippen molar-refractivity contribution in [1.82, 2.24) is 10.2 Å². The van der Waals surface area contributed by atoms with Crippen molar-refractivity contribution in [2.45, 2.75) is 33.6 Å². The van der Waals surface area contributed by atoms with Crippen LogP contribution in [-0.4, -0.2) is 44.0 Å².